The summed E-state index contributed by atoms with van der Waals surface area (Å²) in [6, 6.07) is 4.37. The fourth-order valence-electron chi connectivity index (χ4n) is 4.81. The summed E-state index contributed by atoms with van der Waals surface area (Å²) in [7, 11) is -4.42. The first-order valence-electron chi connectivity index (χ1n) is 11.6. The molecule has 1 aliphatic heterocycles. The smallest absolute Gasteiger partial charge is 0.378 e. The molecular formula is C24H22F8N2O4S. The summed E-state index contributed by atoms with van der Waals surface area (Å²) < 4.78 is 138. The molecule has 2 amide bonds. The van der Waals surface area contributed by atoms with Crippen LogP contribution in [0.3, 0.4) is 0 Å². The molecular weight excluding hydrogens is 564 g/mol. The zero-order valence-electron chi connectivity index (χ0n) is 20.0. The van der Waals surface area contributed by atoms with E-state index in [0.29, 0.717) is 38.4 Å². The van der Waals surface area contributed by atoms with Gasteiger partial charge >= 0.3 is 24.1 Å². The van der Waals surface area contributed by atoms with E-state index in [1.54, 1.807) is 0 Å². The first-order chi connectivity index (χ1) is 18.0. The molecule has 1 heterocycles. The van der Waals surface area contributed by atoms with Gasteiger partial charge < -0.3 is 15.0 Å². The van der Waals surface area contributed by atoms with Gasteiger partial charge in [0.2, 0.25) is 0 Å². The van der Waals surface area contributed by atoms with Crippen LogP contribution in [0, 0.1) is 5.82 Å². The number of halogens is 8. The minimum atomic E-state index is -6.34. The molecule has 1 saturated heterocycles. The minimum Gasteiger partial charge on any atom is -0.378 e. The van der Waals surface area contributed by atoms with Crippen molar-refractivity contribution in [1.82, 2.24) is 10.2 Å². The Kier molecular flexibility index (Phi) is 7.38. The first-order valence-corrected chi connectivity index (χ1v) is 13.1. The quantitative estimate of drug-likeness (QED) is 0.396. The van der Waals surface area contributed by atoms with E-state index in [1.807, 2.05) is 0 Å². The molecule has 6 nitrogen and oxygen atoms in total. The van der Waals surface area contributed by atoms with Crippen molar-refractivity contribution in [2.24, 2.45) is 0 Å². The normalized spacial score (nSPS) is 22.8. The van der Waals surface area contributed by atoms with Crippen LogP contribution in [-0.4, -0.2) is 64.0 Å². The van der Waals surface area contributed by atoms with Crippen LogP contribution in [0.5, 0.6) is 0 Å². The highest BCUT2D eigenvalue weighted by atomic mass is 32.2. The first kappa shape index (κ1) is 29.1. The highest BCUT2D eigenvalue weighted by molar-refractivity contribution is 7.92. The Hall–Kier alpha value is -2.94. The van der Waals surface area contributed by atoms with E-state index in [0.717, 1.165) is 24.3 Å². The summed E-state index contributed by atoms with van der Waals surface area (Å²) in [6.45, 7) is 1.20. The van der Waals surface area contributed by atoms with Gasteiger partial charge in [0.05, 0.1) is 18.1 Å². The van der Waals surface area contributed by atoms with Gasteiger partial charge in [0.25, 0.3) is 0 Å². The standard InChI is InChI=1S/C24H22F8N2O4S/c25-17-5-7-19(8-6-17)39(36,37)21(13-18(14-21)33-20(35)34-9-11-38-12-10-34)15-1-3-16(4-2-15)22(26,23(27,28)29)24(30,31)32/h1-8,18H,9-14H2,(H,33,35). The molecule has 0 spiro atoms. The summed E-state index contributed by atoms with van der Waals surface area (Å²) in [5, 5.41) is 2.67. The van der Waals surface area contributed by atoms with Crippen LogP contribution in [-0.2, 0) is 25.0 Å². The molecule has 15 heteroatoms. The second-order valence-corrected chi connectivity index (χ2v) is 11.6. The zero-order valence-corrected chi connectivity index (χ0v) is 20.8. The van der Waals surface area contributed by atoms with Crippen molar-refractivity contribution in [1.29, 1.82) is 0 Å². The summed E-state index contributed by atoms with van der Waals surface area (Å²) in [5.74, 6) is -0.741. The number of carbonyl (C=O) groups is 1. The van der Waals surface area contributed by atoms with Crippen molar-refractivity contribution in [3.05, 3.63) is 65.5 Å². The van der Waals surface area contributed by atoms with Crippen LogP contribution in [0.15, 0.2) is 53.4 Å². The molecule has 39 heavy (non-hydrogen) atoms. The number of morpholine rings is 1. The van der Waals surface area contributed by atoms with Crippen LogP contribution < -0.4 is 5.32 Å². The minimum absolute atomic E-state index is 0.209. The van der Waals surface area contributed by atoms with Gasteiger partial charge in [-0.2, -0.15) is 26.3 Å². The summed E-state index contributed by atoms with van der Waals surface area (Å²) >= 11 is 0. The average molecular weight is 587 g/mol. The number of alkyl halides is 7. The fourth-order valence-corrected chi connectivity index (χ4v) is 7.05. The third-order valence-corrected chi connectivity index (χ3v) is 9.50. The third-order valence-electron chi connectivity index (χ3n) is 7.01. The maximum atomic E-state index is 14.5. The van der Waals surface area contributed by atoms with Crippen molar-refractivity contribution >= 4 is 15.9 Å². The SMILES string of the molecule is O=C(NC1CC(c2ccc(C(F)(C(F)(F)F)C(F)(F)F)cc2)(S(=O)(=O)c2ccc(F)cc2)C1)N1CCOCC1. The number of carbonyl (C=O) groups excluding carboxylic acids is 1. The van der Waals surface area contributed by atoms with Gasteiger partial charge in [-0.3, -0.25) is 0 Å². The molecule has 0 atom stereocenters. The number of urea groups is 1. The van der Waals surface area contributed by atoms with Gasteiger partial charge in [-0.15, -0.1) is 0 Å². The van der Waals surface area contributed by atoms with Gasteiger partial charge in [0, 0.05) is 24.7 Å². The number of rotatable bonds is 5. The maximum Gasteiger partial charge on any atom is 0.435 e. The van der Waals surface area contributed by atoms with Crippen LogP contribution in [0.4, 0.5) is 39.9 Å². The van der Waals surface area contributed by atoms with Gasteiger partial charge in [0.1, 0.15) is 10.6 Å². The average Bonchev–Trinajstić information content (AvgIpc) is 2.84. The number of amides is 2. The lowest BCUT2D eigenvalue weighted by molar-refractivity contribution is -0.348. The summed E-state index contributed by atoms with van der Waals surface area (Å²) in [5.41, 5.74) is -7.66. The second kappa shape index (κ2) is 9.91. The molecule has 0 radical (unpaired) electrons. The Morgan fingerprint density at radius 3 is 1.87 bits per heavy atom. The van der Waals surface area contributed by atoms with E-state index in [9.17, 15) is 48.3 Å². The largest absolute Gasteiger partial charge is 0.435 e. The molecule has 0 aromatic heterocycles. The Morgan fingerprint density at radius 2 is 1.38 bits per heavy atom. The van der Waals surface area contributed by atoms with Crippen molar-refractivity contribution in [2.45, 2.75) is 46.5 Å². The van der Waals surface area contributed by atoms with Crippen LogP contribution in [0.25, 0.3) is 0 Å². The molecule has 214 valence electrons. The highest BCUT2D eigenvalue weighted by Gasteiger charge is 2.73. The molecule has 1 aliphatic carbocycles. The van der Waals surface area contributed by atoms with Gasteiger partial charge in [-0.25, -0.2) is 22.0 Å². The van der Waals surface area contributed by atoms with Crippen LogP contribution in [0.1, 0.15) is 24.0 Å². The molecule has 4 rings (SSSR count). The molecule has 2 aromatic rings. The molecule has 1 saturated carbocycles. The lowest BCUT2D eigenvalue weighted by atomic mass is 9.74. The Balaban J connectivity index is 1.70. The fraction of sp³-hybridized carbons (Fsp3) is 0.458. The number of hydrogen-bond donors (Lipinski definition) is 1. The molecule has 0 unspecified atom stereocenters. The Morgan fingerprint density at radius 1 is 0.872 bits per heavy atom. The van der Waals surface area contributed by atoms with E-state index in [4.69, 9.17) is 4.74 Å². The lowest BCUT2D eigenvalue weighted by Gasteiger charge is -2.48. The number of sulfone groups is 1. The van der Waals surface area contributed by atoms with E-state index in [2.05, 4.69) is 5.32 Å². The Labute approximate surface area is 217 Å². The summed E-state index contributed by atoms with van der Waals surface area (Å²) in [6.07, 6.45) is -13.3. The van der Waals surface area contributed by atoms with Gasteiger partial charge in [-0.1, -0.05) is 24.3 Å². The van der Waals surface area contributed by atoms with Crippen molar-refractivity contribution < 1.29 is 53.1 Å². The Bertz CT molecular complexity index is 1290. The van der Waals surface area contributed by atoms with E-state index in [-0.39, 0.29) is 35.4 Å². The lowest BCUT2D eigenvalue weighted by Crippen LogP contribution is -2.59. The zero-order chi connectivity index (χ0) is 28.9. The van der Waals surface area contributed by atoms with Crippen LogP contribution >= 0.6 is 0 Å². The van der Waals surface area contributed by atoms with Gasteiger partial charge in [-0.05, 0) is 42.7 Å². The predicted molar refractivity (Wildman–Crippen MR) is 121 cm³/mol. The van der Waals surface area contributed by atoms with E-state index in [1.165, 1.54) is 4.90 Å². The molecule has 0 bridgehead atoms. The number of hydrogen-bond acceptors (Lipinski definition) is 4. The van der Waals surface area contributed by atoms with E-state index >= 15 is 0 Å². The number of nitrogens with one attached hydrogen (secondary N) is 1. The number of ether oxygens (including phenoxy) is 1. The van der Waals surface area contributed by atoms with Crippen molar-refractivity contribution in [2.75, 3.05) is 26.3 Å². The maximum absolute atomic E-state index is 14.5. The number of benzene rings is 2. The van der Waals surface area contributed by atoms with E-state index < -0.39 is 56.1 Å². The highest BCUT2D eigenvalue weighted by Crippen LogP contribution is 2.55. The summed E-state index contributed by atoms with van der Waals surface area (Å²) in [4.78, 5) is 13.7. The van der Waals surface area contributed by atoms with Gasteiger partial charge in [0.15, 0.2) is 9.84 Å². The van der Waals surface area contributed by atoms with Crippen LogP contribution in [0.2, 0.25) is 0 Å². The molecule has 2 fully saturated rings. The molecule has 2 aliphatic rings. The predicted octanol–water partition coefficient (Wildman–Crippen LogP) is 4.99. The van der Waals surface area contributed by atoms with Crippen molar-refractivity contribution in [3.63, 3.8) is 0 Å². The second-order valence-electron chi connectivity index (χ2n) is 9.34. The third kappa shape index (κ3) is 4.94. The monoisotopic (exact) mass is 586 g/mol. The van der Waals surface area contributed by atoms with Crippen molar-refractivity contribution in [3.8, 4) is 0 Å². The molecule has 1 N–H and O–H groups in total. The number of nitrogens with zero attached hydrogens (tertiary/aromatic N) is 1. The molecule has 2 aromatic carbocycles. The topological polar surface area (TPSA) is 75.7 Å².